The summed E-state index contributed by atoms with van der Waals surface area (Å²) >= 11 is 0. The summed E-state index contributed by atoms with van der Waals surface area (Å²) in [6.45, 7) is 2.52. The SMILES string of the molecule is CCc1cccc(OCc2cnc(N)cn2)c1. The van der Waals surface area contributed by atoms with Crippen LogP contribution in [0.25, 0.3) is 0 Å². The Morgan fingerprint density at radius 3 is 2.82 bits per heavy atom. The smallest absolute Gasteiger partial charge is 0.141 e. The number of benzene rings is 1. The summed E-state index contributed by atoms with van der Waals surface area (Å²) in [6.07, 6.45) is 4.15. The van der Waals surface area contributed by atoms with E-state index in [2.05, 4.69) is 23.0 Å². The molecule has 0 spiro atoms. The fraction of sp³-hybridized carbons (Fsp3) is 0.231. The predicted molar refractivity (Wildman–Crippen MR) is 66.6 cm³/mol. The van der Waals surface area contributed by atoms with Crippen molar-refractivity contribution in [2.24, 2.45) is 0 Å². The lowest BCUT2D eigenvalue weighted by Gasteiger charge is -2.06. The molecule has 0 atom stereocenters. The van der Waals surface area contributed by atoms with Crippen molar-refractivity contribution < 1.29 is 4.74 Å². The number of nitrogens with zero attached hydrogens (tertiary/aromatic N) is 2. The van der Waals surface area contributed by atoms with E-state index in [0.717, 1.165) is 17.9 Å². The van der Waals surface area contributed by atoms with Gasteiger partial charge in [-0.2, -0.15) is 0 Å². The van der Waals surface area contributed by atoms with Crippen LogP contribution in [-0.4, -0.2) is 9.97 Å². The zero-order chi connectivity index (χ0) is 12.1. The summed E-state index contributed by atoms with van der Waals surface area (Å²) in [5.41, 5.74) is 7.48. The van der Waals surface area contributed by atoms with Crippen molar-refractivity contribution in [3.8, 4) is 5.75 Å². The molecule has 2 aromatic rings. The van der Waals surface area contributed by atoms with Gasteiger partial charge >= 0.3 is 0 Å². The molecule has 4 heteroatoms. The molecule has 1 aromatic heterocycles. The zero-order valence-electron chi connectivity index (χ0n) is 9.76. The Morgan fingerprint density at radius 1 is 1.24 bits per heavy atom. The summed E-state index contributed by atoms with van der Waals surface area (Å²) in [5, 5.41) is 0. The summed E-state index contributed by atoms with van der Waals surface area (Å²) < 4.78 is 5.63. The van der Waals surface area contributed by atoms with Crippen LogP contribution >= 0.6 is 0 Å². The number of aromatic nitrogens is 2. The van der Waals surface area contributed by atoms with E-state index in [4.69, 9.17) is 10.5 Å². The van der Waals surface area contributed by atoms with Crippen LogP contribution < -0.4 is 10.5 Å². The van der Waals surface area contributed by atoms with Crippen LogP contribution in [0.4, 0.5) is 5.82 Å². The van der Waals surface area contributed by atoms with Gasteiger partial charge < -0.3 is 10.5 Å². The number of aryl methyl sites for hydroxylation is 1. The van der Waals surface area contributed by atoms with Gasteiger partial charge in [-0.05, 0) is 24.1 Å². The zero-order valence-corrected chi connectivity index (χ0v) is 9.76. The van der Waals surface area contributed by atoms with Crippen LogP contribution in [0.15, 0.2) is 36.7 Å². The van der Waals surface area contributed by atoms with Gasteiger partial charge in [0.05, 0.1) is 18.1 Å². The van der Waals surface area contributed by atoms with Crippen LogP contribution in [0.1, 0.15) is 18.2 Å². The highest BCUT2D eigenvalue weighted by molar-refractivity contribution is 5.28. The Labute approximate surface area is 100 Å². The molecule has 0 aliphatic carbocycles. The molecule has 0 saturated heterocycles. The maximum Gasteiger partial charge on any atom is 0.141 e. The normalized spacial score (nSPS) is 10.2. The van der Waals surface area contributed by atoms with E-state index in [9.17, 15) is 0 Å². The fourth-order valence-electron chi connectivity index (χ4n) is 1.45. The van der Waals surface area contributed by atoms with E-state index in [1.54, 1.807) is 6.20 Å². The van der Waals surface area contributed by atoms with E-state index >= 15 is 0 Å². The quantitative estimate of drug-likeness (QED) is 0.873. The standard InChI is InChI=1S/C13H15N3O/c1-2-10-4-3-5-12(6-10)17-9-11-7-16-13(14)8-15-11/h3-8H,2,9H2,1H3,(H2,14,16). The number of nitrogen functional groups attached to an aromatic ring is 1. The topological polar surface area (TPSA) is 61.0 Å². The second-order valence-electron chi connectivity index (χ2n) is 3.72. The molecule has 4 nitrogen and oxygen atoms in total. The lowest BCUT2D eigenvalue weighted by molar-refractivity contribution is 0.300. The van der Waals surface area contributed by atoms with Crippen LogP contribution in [0.5, 0.6) is 5.75 Å². The van der Waals surface area contributed by atoms with Gasteiger partial charge in [-0.15, -0.1) is 0 Å². The maximum atomic E-state index is 5.63. The Balaban J connectivity index is 1.99. The second-order valence-corrected chi connectivity index (χ2v) is 3.72. The Bertz CT molecular complexity index is 482. The van der Waals surface area contributed by atoms with Crippen LogP contribution in [-0.2, 0) is 13.0 Å². The largest absolute Gasteiger partial charge is 0.487 e. The van der Waals surface area contributed by atoms with Gasteiger partial charge in [-0.25, -0.2) is 4.98 Å². The summed E-state index contributed by atoms with van der Waals surface area (Å²) in [4.78, 5) is 8.08. The van der Waals surface area contributed by atoms with E-state index in [0.29, 0.717) is 12.4 Å². The van der Waals surface area contributed by atoms with Crippen molar-refractivity contribution >= 4 is 5.82 Å². The molecule has 2 rings (SSSR count). The van der Waals surface area contributed by atoms with Crippen molar-refractivity contribution in [1.29, 1.82) is 0 Å². The number of anilines is 1. The average molecular weight is 229 g/mol. The van der Waals surface area contributed by atoms with E-state index < -0.39 is 0 Å². The first-order chi connectivity index (χ1) is 8.28. The van der Waals surface area contributed by atoms with Crippen molar-refractivity contribution in [3.05, 3.63) is 47.9 Å². The molecule has 88 valence electrons. The van der Waals surface area contributed by atoms with Gasteiger partial charge in [-0.1, -0.05) is 19.1 Å². The molecular formula is C13H15N3O. The first kappa shape index (κ1) is 11.4. The monoisotopic (exact) mass is 229 g/mol. The Morgan fingerprint density at radius 2 is 2.12 bits per heavy atom. The highest BCUT2D eigenvalue weighted by Gasteiger charge is 1.98. The number of nitrogens with two attached hydrogens (primary N) is 1. The van der Waals surface area contributed by atoms with E-state index in [-0.39, 0.29) is 0 Å². The summed E-state index contributed by atoms with van der Waals surface area (Å²) in [7, 11) is 0. The van der Waals surface area contributed by atoms with Crippen molar-refractivity contribution in [2.45, 2.75) is 20.0 Å². The third-order valence-corrected chi connectivity index (χ3v) is 2.42. The maximum absolute atomic E-state index is 5.63. The molecule has 1 aromatic carbocycles. The third kappa shape index (κ3) is 3.17. The first-order valence-electron chi connectivity index (χ1n) is 5.56. The minimum Gasteiger partial charge on any atom is -0.487 e. The van der Waals surface area contributed by atoms with E-state index in [1.165, 1.54) is 11.8 Å². The van der Waals surface area contributed by atoms with Crippen LogP contribution in [0.3, 0.4) is 0 Å². The number of hydrogen-bond donors (Lipinski definition) is 1. The second kappa shape index (κ2) is 5.30. The number of rotatable bonds is 4. The van der Waals surface area contributed by atoms with Gasteiger partial charge in [0.1, 0.15) is 18.2 Å². The van der Waals surface area contributed by atoms with Gasteiger partial charge in [0.15, 0.2) is 0 Å². The molecule has 0 fully saturated rings. The lowest BCUT2D eigenvalue weighted by atomic mass is 10.2. The van der Waals surface area contributed by atoms with E-state index in [1.807, 2.05) is 18.2 Å². The minimum atomic E-state index is 0.403. The first-order valence-corrected chi connectivity index (χ1v) is 5.56. The average Bonchev–Trinajstić information content (AvgIpc) is 2.38. The Hall–Kier alpha value is -2.10. The van der Waals surface area contributed by atoms with Crippen molar-refractivity contribution in [1.82, 2.24) is 9.97 Å². The molecule has 0 radical (unpaired) electrons. The van der Waals surface area contributed by atoms with Gasteiger partial charge in [-0.3, -0.25) is 4.98 Å². The van der Waals surface area contributed by atoms with Crippen LogP contribution in [0.2, 0.25) is 0 Å². The third-order valence-electron chi connectivity index (χ3n) is 2.42. The molecule has 2 N–H and O–H groups in total. The number of ether oxygens (including phenoxy) is 1. The summed E-state index contributed by atoms with van der Waals surface area (Å²) in [5.74, 6) is 1.27. The fourth-order valence-corrected chi connectivity index (χ4v) is 1.45. The van der Waals surface area contributed by atoms with Crippen LogP contribution in [0, 0.1) is 0 Å². The van der Waals surface area contributed by atoms with Crippen molar-refractivity contribution in [2.75, 3.05) is 5.73 Å². The highest BCUT2D eigenvalue weighted by atomic mass is 16.5. The minimum absolute atomic E-state index is 0.403. The Kier molecular flexibility index (Phi) is 3.55. The predicted octanol–water partition coefficient (Wildman–Crippen LogP) is 2.20. The molecule has 0 saturated carbocycles. The number of hydrogen-bond acceptors (Lipinski definition) is 4. The van der Waals surface area contributed by atoms with Gasteiger partial charge in [0, 0.05) is 0 Å². The molecule has 0 bridgehead atoms. The molecule has 1 heterocycles. The molecule has 0 unspecified atom stereocenters. The summed E-state index contributed by atoms with van der Waals surface area (Å²) in [6, 6.07) is 8.04. The molecule has 0 aliphatic rings. The van der Waals surface area contributed by atoms with Crippen molar-refractivity contribution in [3.63, 3.8) is 0 Å². The lowest BCUT2D eigenvalue weighted by Crippen LogP contribution is -2.00. The van der Waals surface area contributed by atoms with Gasteiger partial charge in [0.25, 0.3) is 0 Å². The molecule has 0 aliphatic heterocycles. The molecule has 17 heavy (non-hydrogen) atoms. The van der Waals surface area contributed by atoms with Gasteiger partial charge in [0.2, 0.25) is 0 Å². The molecule has 0 amide bonds. The highest BCUT2D eigenvalue weighted by Crippen LogP contribution is 2.14. The molecular weight excluding hydrogens is 214 g/mol.